The first-order valence-electron chi connectivity index (χ1n) is 5.82. The van der Waals surface area contributed by atoms with E-state index in [4.69, 9.17) is 16.7 Å². The molecule has 1 aromatic rings. The molecule has 1 aliphatic rings. The van der Waals surface area contributed by atoms with Crippen molar-refractivity contribution in [2.45, 2.75) is 11.7 Å². The van der Waals surface area contributed by atoms with Gasteiger partial charge in [0.2, 0.25) is 5.91 Å². The molecule has 22 heavy (non-hydrogen) atoms. The smallest absolute Gasteiger partial charge is 0.305 e. The number of carbonyl (C=O) groups is 2. The molecule has 1 saturated heterocycles. The number of nitrogens with one attached hydrogen (secondary N) is 1. The van der Waals surface area contributed by atoms with Crippen LogP contribution in [0.25, 0.3) is 0 Å². The van der Waals surface area contributed by atoms with Crippen LogP contribution in [0.1, 0.15) is 12.0 Å². The number of amidine groups is 1. The largest absolute Gasteiger partial charge is 0.481 e. The van der Waals surface area contributed by atoms with Crippen LogP contribution in [0.5, 0.6) is 0 Å². The third kappa shape index (κ3) is 3.80. The summed E-state index contributed by atoms with van der Waals surface area (Å²) in [5.74, 6) is -3.87. The number of aliphatic carboxylic acids is 1. The van der Waals surface area contributed by atoms with E-state index in [9.17, 15) is 18.4 Å². The second kappa shape index (κ2) is 6.84. The molecule has 1 fully saturated rings. The lowest BCUT2D eigenvalue weighted by atomic mass is 10.2. The maximum atomic E-state index is 13.5. The highest BCUT2D eigenvalue weighted by atomic mass is 35.5. The summed E-state index contributed by atoms with van der Waals surface area (Å²) < 4.78 is 26.6. The van der Waals surface area contributed by atoms with Crippen LogP contribution < -0.4 is 5.32 Å². The molecule has 1 aromatic carbocycles. The highest BCUT2D eigenvalue weighted by Gasteiger charge is 2.32. The SMILES string of the molecule is O=C(O)CC1SC(=NN=Cc2c(Cl)ccc(F)c2F)NC1=O. The van der Waals surface area contributed by atoms with Gasteiger partial charge in [0.05, 0.1) is 23.2 Å². The van der Waals surface area contributed by atoms with Crippen molar-refractivity contribution >= 4 is 46.6 Å². The molecule has 1 amide bonds. The predicted octanol–water partition coefficient (Wildman–Crippen LogP) is 2.01. The molecule has 1 unspecified atom stereocenters. The van der Waals surface area contributed by atoms with E-state index in [1.807, 2.05) is 0 Å². The van der Waals surface area contributed by atoms with Gasteiger partial charge >= 0.3 is 5.97 Å². The highest BCUT2D eigenvalue weighted by molar-refractivity contribution is 8.15. The maximum Gasteiger partial charge on any atom is 0.305 e. The number of halogens is 3. The normalized spacial score (nSPS) is 19.9. The van der Waals surface area contributed by atoms with Gasteiger partial charge in [0.15, 0.2) is 16.8 Å². The zero-order valence-electron chi connectivity index (χ0n) is 10.7. The predicted molar refractivity (Wildman–Crippen MR) is 78.2 cm³/mol. The zero-order valence-corrected chi connectivity index (χ0v) is 12.3. The molecule has 1 heterocycles. The molecule has 0 aliphatic carbocycles. The second-order valence-electron chi connectivity index (χ2n) is 4.10. The minimum Gasteiger partial charge on any atom is -0.481 e. The zero-order chi connectivity index (χ0) is 16.3. The van der Waals surface area contributed by atoms with Crippen molar-refractivity contribution in [2.75, 3.05) is 0 Å². The first-order chi connectivity index (χ1) is 10.4. The van der Waals surface area contributed by atoms with E-state index in [0.717, 1.165) is 24.0 Å². The first kappa shape index (κ1) is 16.4. The lowest BCUT2D eigenvalue weighted by Crippen LogP contribution is -2.26. The summed E-state index contributed by atoms with van der Waals surface area (Å²) in [4.78, 5) is 22.0. The Bertz CT molecular complexity index is 696. The van der Waals surface area contributed by atoms with Crippen molar-refractivity contribution in [3.05, 3.63) is 34.4 Å². The highest BCUT2D eigenvalue weighted by Crippen LogP contribution is 2.23. The Labute approximate surface area is 132 Å². The van der Waals surface area contributed by atoms with Gasteiger partial charge in [-0.2, -0.15) is 5.10 Å². The summed E-state index contributed by atoms with van der Waals surface area (Å²) in [5.41, 5.74) is -0.276. The lowest BCUT2D eigenvalue weighted by Gasteiger charge is -1.99. The summed E-state index contributed by atoms with van der Waals surface area (Å²) in [6.07, 6.45) is 0.550. The van der Waals surface area contributed by atoms with Gasteiger partial charge in [-0.1, -0.05) is 23.4 Å². The van der Waals surface area contributed by atoms with Gasteiger partial charge in [-0.25, -0.2) is 8.78 Å². The third-order valence-corrected chi connectivity index (χ3v) is 3.95. The molecule has 6 nitrogen and oxygen atoms in total. The number of hydrogen-bond acceptors (Lipinski definition) is 5. The summed E-state index contributed by atoms with van der Waals surface area (Å²) in [6, 6.07) is 2.05. The fraction of sp³-hybridized carbons (Fsp3) is 0.167. The van der Waals surface area contributed by atoms with Crippen molar-refractivity contribution in [1.82, 2.24) is 5.32 Å². The Morgan fingerprint density at radius 1 is 1.50 bits per heavy atom. The summed E-state index contributed by atoms with van der Waals surface area (Å²) >= 11 is 6.60. The van der Waals surface area contributed by atoms with Crippen LogP contribution in [0.3, 0.4) is 0 Å². The number of carboxylic acid groups (broad SMARTS) is 1. The molecule has 116 valence electrons. The molecule has 0 radical (unpaired) electrons. The van der Waals surface area contributed by atoms with E-state index < -0.39 is 28.8 Å². The lowest BCUT2D eigenvalue weighted by molar-refractivity contribution is -0.138. The van der Waals surface area contributed by atoms with E-state index >= 15 is 0 Å². The molecule has 1 atom stereocenters. The number of thioether (sulfide) groups is 1. The number of carboxylic acids is 1. The van der Waals surface area contributed by atoms with Crippen LogP contribution in [0.15, 0.2) is 22.3 Å². The van der Waals surface area contributed by atoms with Crippen LogP contribution in [-0.4, -0.2) is 33.6 Å². The maximum absolute atomic E-state index is 13.5. The van der Waals surface area contributed by atoms with E-state index in [0.29, 0.717) is 0 Å². The average molecular weight is 348 g/mol. The molecule has 1 aliphatic heterocycles. The Morgan fingerprint density at radius 3 is 2.91 bits per heavy atom. The molecule has 0 aromatic heterocycles. The quantitative estimate of drug-likeness (QED) is 0.495. The minimum absolute atomic E-state index is 0.0466. The van der Waals surface area contributed by atoms with Crippen LogP contribution in [0, 0.1) is 11.6 Å². The standard InChI is InChI=1S/C12H8ClF2N3O3S/c13-6-1-2-7(14)10(15)5(6)4-16-18-12-17-11(21)8(22-12)3-9(19)20/h1-2,4,8H,3H2,(H,19,20)(H,17,18,21). The Kier molecular flexibility index (Phi) is 5.09. The van der Waals surface area contributed by atoms with Gasteiger partial charge in [0.25, 0.3) is 0 Å². The fourth-order valence-electron chi connectivity index (χ4n) is 1.55. The summed E-state index contributed by atoms with van der Waals surface area (Å²) in [5, 5.41) is 17.3. The molecule has 2 rings (SSSR count). The van der Waals surface area contributed by atoms with Crippen molar-refractivity contribution in [1.29, 1.82) is 0 Å². The van der Waals surface area contributed by atoms with E-state index in [-0.39, 0.29) is 22.2 Å². The van der Waals surface area contributed by atoms with Crippen molar-refractivity contribution in [2.24, 2.45) is 10.2 Å². The number of rotatable bonds is 4. The molecule has 10 heteroatoms. The molecule has 0 saturated carbocycles. The van der Waals surface area contributed by atoms with Crippen molar-refractivity contribution < 1.29 is 23.5 Å². The summed E-state index contributed by atoms with van der Waals surface area (Å²) in [7, 11) is 0. The molecule has 0 bridgehead atoms. The van der Waals surface area contributed by atoms with E-state index in [1.54, 1.807) is 0 Å². The second-order valence-corrected chi connectivity index (χ2v) is 5.70. The topological polar surface area (TPSA) is 91.1 Å². The van der Waals surface area contributed by atoms with Gasteiger partial charge in [-0.05, 0) is 12.1 Å². The van der Waals surface area contributed by atoms with E-state index in [2.05, 4.69) is 15.5 Å². The number of carbonyl (C=O) groups excluding carboxylic acids is 1. The van der Waals surface area contributed by atoms with Crippen molar-refractivity contribution in [3.63, 3.8) is 0 Å². The van der Waals surface area contributed by atoms with Gasteiger partial charge in [-0.15, -0.1) is 5.10 Å². The monoisotopic (exact) mass is 347 g/mol. The molecule has 2 N–H and O–H groups in total. The molecule has 0 spiro atoms. The summed E-state index contributed by atoms with van der Waals surface area (Å²) in [6.45, 7) is 0. The number of benzene rings is 1. The van der Waals surface area contributed by atoms with Crippen LogP contribution in [0.2, 0.25) is 5.02 Å². The fourth-order valence-corrected chi connectivity index (χ4v) is 2.66. The number of nitrogens with zero attached hydrogens (tertiary/aromatic N) is 2. The Balaban J connectivity index is 2.11. The average Bonchev–Trinajstić information content (AvgIpc) is 2.78. The number of hydrogen-bond donors (Lipinski definition) is 2. The first-order valence-corrected chi connectivity index (χ1v) is 7.08. The van der Waals surface area contributed by atoms with Gasteiger partial charge in [-0.3, -0.25) is 9.59 Å². The Hall–Kier alpha value is -2.00. The third-order valence-electron chi connectivity index (χ3n) is 2.55. The van der Waals surface area contributed by atoms with Crippen LogP contribution in [0.4, 0.5) is 8.78 Å². The minimum atomic E-state index is -1.16. The van der Waals surface area contributed by atoms with Crippen molar-refractivity contribution in [3.8, 4) is 0 Å². The van der Waals surface area contributed by atoms with Gasteiger partial charge in [0.1, 0.15) is 5.25 Å². The van der Waals surface area contributed by atoms with Gasteiger partial charge in [0, 0.05) is 0 Å². The molecular weight excluding hydrogens is 340 g/mol. The van der Waals surface area contributed by atoms with Crippen LogP contribution >= 0.6 is 23.4 Å². The Morgan fingerprint density at radius 2 is 2.23 bits per heavy atom. The molecular formula is C12H8ClF2N3O3S. The number of amides is 1. The van der Waals surface area contributed by atoms with E-state index in [1.165, 1.54) is 6.07 Å². The van der Waals surface area contributed by atoms with Gasteiger partial charge < -0.3 is 10.4 Å². The van der Waals surface area contributed by atoms with Crippen LogP contribution in [-0.2, 0) is 9.59 Å².